The number of hydrogen-bond donors (Lipinski definition) is 1. The molecular weight excluding hydrogens is 472 g/mol. The highest BCUT2D eigenvalue weighted by molar-refractivity contribution is 9.10. The van der Waals surface area contributed by atoms with Crippen LogP contribution in [0.3, 0.4) is 0 Å². The largest absolute Gasteiger partial charge is 0.452 e. The van der Waals surface area contributed by atoms with Gasteiger partial charge in [0.2, 0.25) is 10.0 Å². The molecule has 160 valence electrons. The summed E-state index contributed by atoms with van der Waals surface area (Å²) in [5.74, 6) is -1.18. The molecule has 0 aliphatic carbocycles. The molecule has 0 aromatic heterocycles. The number of benzene rings is 2. The number of esters is 1. The van der Waals surface area contributed by atoms with Crippen LogP contribution in [0.1, 0.15) is 35.2 Å². The van der Waals surface area contributed by atoms with E-state index in [9.17, 15) is 18.0 Å². The van der Waals surface area contributed by atoms with Crippen LogP contribution in [-0.2, 0) is 19.6 Å². The first-order chi connectivity index (χ1) is 14.3. The Morgan fingerprint density at radius 3 is 2.50 bits per heavy atom. The molecule has 0 spiro atoms. The minimum atomic E-state index is -3.63. The first-order valence-electron chi connectivity index (χ1n) is 9.61. The van der Waals surface area contributed by atoms with E-state index in [1.165, 1.54) is 10.4 Å². The quantitative estimate of drug-likeness (QED) is 0.617. The highest BCUT2D eigenvalue weighted by Gasteiger charge is 2.27. The number of nitrogens with zero attached hydrogens (tertiary/aromatic N) is 1. The van der Waals surface area contributed by atoms with Gasteiger partial charge in [0.15, 0.2) is 6.61 Å². The number of sulfonamides is 1. The lowest BCUT2D eigenvalue weighted by Crippen LogP contribution is -2.36. The van der Waals surface area contributed by atoms with Crippen molar-refractivity contribution in [3.63, 3.8) is 0 Å². The van der Waals surface area contributed by atoms with E-state index < -0.39 is 28.5 Å². The first-order valence-corrected chi connectivity index (χ1v) is 11.8. The summed E-state index contributed by atoms with van der Waals surface area (Å²) in [4.78, 5) is 24.5. The zero-order chi connectivity index (χ0) is 21.7. The van der Waals surface area contributed by atoms with Gasteiger partial charge < -0.3 is 10.1 Å². The van der Waals surface area contributed by atoms with Crippen LogP contribution in [0.15, 0.2) is 51.8 Å². The average Bonchev–Trinajstić information content (AvgIpc) is 2.74. The average molecular weight is 495 g/mol. The van der Waals surface area contributed by atoms with Gasteiger partial charge in [0.25, 0.3) is 5.91 Å². The lowest BCUT2D eigenvalue weighted by Gasteiger charge is -2.26. The Bertz CT molecular complexity index is 1050. The first kappa shape index (κ1) is 22.5. The van der Waals surface area contributed by atoms with E-state index in [4.69, 9.17) is 4.74 Å². The lowest BCUT2D eigenvalue weighted by atomic mass is 10.2. The molecule has 0 unspecified atom stereocenters. The molecule has 9 heteroatoms. The summed E-state index contributed by atoms with van der Waals surface area (Å²) in [6.45, 7) is 2.25. The SMILES string of the molecule is Cc1ccc(NC(=O)COC(=O)c2ccccc2Br)cc1S(=O)(=O)N1CCCCC1. The fourth-order valence-corrected chi connectivity index (χ4v) is 5.45. The summed E-state index contributed by atoms with van der Waals surface area (Å²) in [7, 11) is -3.63. The second-order valence-electron chi connectivity index (χ2n) is 7.05. The molecule has 1 heterocycles. The fraction of sp³-hybridized carbons (Fsp3) is 0.333. The molecule has 0 atom stereocenters. The van der Waals surface area contributed by atoms with E-state index in [0.717, 1.165) is 19.3 Å². The lowest BCUT2D eigenvalue weighted by molar-refractivity contribution is -0.119. The molecular formula is C21H23BrN2O5S. The van der Waals surface area contributed by atoms with Crippen LogP contribution >= 0.6 is 15.9 Å². The highest BCUT2D eigenvalue weighted by Crippen LogP contribution is 2.26. The minimum absolute atomic E-state index is 0.174. The Morgan fingerprint density at radius 2 is 1.80 bits per heavy atom. The van der Waals surface area contributed by atoms with Crippen molar-refractivity contribution in [2.24, 2.45) is 0 Å². The van der Waals surface area contributed by atoms with Crippen molar-refractivity contribution in [1.82, 2.24) is 4.31 Å². The maximum atomic E-state index is 13.0. The van der Waals surface area contributed by atoms with Crippen molar-refractivity contribution in [2.75, 3.05) is 25.0 Å². The van der Waals surface area contributed by atoms with Crippen LogP contribution in [0.4, 0.5) is 5.69 Å². The Kier molecular flexibility index (Phi) is 7.27. The third-order valence-electron chi connectivity index (χ3n) is 4.83. The Balaban J connectivity index is 1.67. The van der Waals surface area contributed by atoms with Crippen LogP contribution in [0.5, 0.6) is 0 Å². The van der Waals surface area contributed by atoms with Crippen LogP contribution in [0.25, 0.3) is 0 Å². The summed E-state index contributed by atoms with van der Waals surface area (Å²) in [5.41, 5.74) is 1.26. The minimum Gasteiger partial charge on any atom is -0.452 e. The van der Waals surface area contributed by atoms with Gasteiger partial charge in [0, 0.05) is 23.2 Å². The van der Waals surface area contributed by atoms with Gasteiger partial charge in [0.05, 0.1) is 10.5 Å². The van der Waals surface area contributed by atoms with Crippen molar-refractivity contribution in [3.05, 3.63) is 58.1 Å². The standard InChI is InChI=1S/C21H23BrN2O5S/c1-15-9-10-16(13-19(15)30(27,28)24-11-5-2-6-12-24)23-20(25)14-29-21(26)17-7-3-4-8-18(17)22/h3-4,7-10,13H,2,5-6,11-12,14H2,1H3,(H,23,25). The topological polar surface area (TPSA) is 92.8 Å². The number of aryl methyl sites for hydroxylation is 1. The van der Waals surface area contributed by atoms with Crippen LogP contribution < -0.4 is 5.32 Å². The van der Waals surface area contributed by atoms with E-state index >= 15 is 0 Å². The van der Waals surface area contributed by atoms with E-state index in [2.05, 4.69) is 21.2 Å². The predicted octanol–water partition coefficient (Wildman–Crippen LogP) is 3.73. The van der Waals surface area contributed by atoms with Crippen molar-refractivity contribution in [1.29, 1.82) is 0 Å². The maximum absolute atomic E-state index is 13.0. The number of ether oxygens (including phenoxy) is 1. The molecule has 1 N–H and O–H groups in total. The molecule has 1 aliphatic rings. The smallest absolute Gasteiger partial charge is 0.339 e. The molecule has 0 bridgehead atoms. The van der Waals surface area contributed by atoms with Crippen LogP contribution in [-0.4, -0.2) is 44.3 Å². The summed E-state index contributed by atoms with van der Waals surface area (Å²) < 4.78 is 33.1. The molecule has 7 nitrogen and oxygen atoms in total. The van der Waals surface area contributed by atoms with Gasteiger partial charge in [-0.05, 0) is 65.5 Å². The zero-order valence-corrected chi connectivity index (χ0v) is 19.0. The van der Waals surface area contributed by atoms with Gasteiger partial charge in [-0.1, -0.05) is 24.6 Å². The molecule has 1 fully saturated rings. The van der Waals surface area contributed by atoms with Crippen LogP contribution in [0.2, 0.25) is 0 Å². The molecule has 30 heavy (non-hydrogen) atoms. The van der Waals surface area contributed by atoms with Crippen molar-refractivity contribution < 1.29 is 22.7 Å². The van der Waals surface area contributed by atoms with Gasteiger partial charge in [-0.15, -0.1) is 0 Å². The number of amides is 1. The van der Waals surface area contributed by atoms with Crippen molar-refractivity contribution in [3.8, 4) is 0 Å². The van der Waals surface area contributed by atoms with E-state index in [1.54, 1.807) is 43.3 Å². The second kappa shape index (κ2) is 9.72. The Labute approximate surface area is 184 Å². The molecule has 3 rings (SSSR count). The van der Waals surface area contributed by atoms with Gasteiger partial charge >= 0.3 is 5.97 Å². The molecule has 0 saturated carbocycles. The number of hydrogen-bond acceptors (Lipinski definition) is 5. The zero-order valence-electron chi connectivity index (χ0n) is 16.6. The number of nitrogens with one attached hydrogen (secondary N) is 1. The van der Waals surface area contributed by atoms with Gasteiger partial charge in [-0.25, -0.2) is 13.2 Å². The summed E-state index contributed by atoms with van der Waals surface area (Å²) in [6, 6.07) is 11.5. The Hall–Kier alpha value is -2.23. The van der Waals surface area contributed by atoms with E-state index in [1.807, 2.05) is 0 Å². The number of carbonyl (C=O) groups excluding carboxylic acids is 2. The number of anilines is 1. The van der Waals surface area contributed by atoms with Gasteiger partial charge in [-0.3, -0.25) is 4.79 Å². The molecule has 0 radical (unpaired) electrons. The fourth-order valence-electron chi connectivity index (χ4n) is 3.23. The molecule has 2 aromatic rings. The second-order valence-corrected chi connectivity index (χ2v) is 9.81. The number of rotatable bonds is 6. The van der Waals surface area contributed by atoms with Crippen LogP contribution in [0, 0.1) is 6.92 Å². The third kappa shape index (κ3) is 5.27. The van der Waals surface area contributed by atoms with Gasteiger partial charge in [-0.2, -0.15) is 4.31 Å². The van der Waals surface area contributed by atoms with Crippen molar-refractivity contribution in [2.45, 2.75) is 31.1 Å². The van der Waals surface area contributed by atoms with E-state index in [-0.39, 0.29) is 4.90 Å². The summed E-state index contributed by atoms with van der Waals surface area (Å²) in [6.07, 6.45) is 2.72. The maximum Gasteiger partial charge on any atom is 0.339 e. The van der Waals surface area contributed by atoms with Gasteiger partial charge in [0.1, 0.15) is 0 Å². The normalized spacial score (nSPS) is 14.9. The summed E-state index contributed by atoms with van der Waals surface area (Å²) in [5, 5.41) is 2.60. The Morgan fingerprint density at radius 1 is 1.10 bits per heavy atom. The number of halogens is 1. The predicted molar refractivity (Wildman–Crippen MR) is 117 cm³/mol. The monoisotopic (exact) mass is 494 g/mol. The summed E-state index contributed by atoms with van der Waals surface area (Å²) >= 11 is 3.26. The number of carbonyl (C=O) groups is 2. The molecule has 2 aromatic carbocycles. The third-order valence-corrected chi connectivity index (χ3v) is 7.57. The van der Waals surface area contributed by atoms with Crippen molar-refractivity contribution >= 4 is 43.5 Å². The number of piperidine rings is 1. The molecule has 1 saturated heterocycles. The molecule has 1 amide bonds. The highest BCUT2D eigenvalue weighted by atomic mass is 79.9. The van der Waals surface area contributed by atoms with E-state index in [0.29, 0.717) is 34.4 Å². The molecule has 1 aliphatic heterocycles.